The summed E-state index contributed by atoms with van der Waals surface area (Å²) >= 11 is 0. The summed E-state index contributed by atoms with van der Waals surface area (Å²) in [7, 11) is 0. The van der Waals surface area contributed by atoms with Crippen LogP contribution in [0.15, 0.2) is 24.3 Å². The van der Waals surface area contributed by atoms with E-state index in [1.807, 2.05) is 38.1 Å². The number of nitrogens with zero attached hydrogens (tertiary/aromatic N) is 1. The van der Waals surface area contributed by atoms with Gasteiger partial charge in [-0.2, -0.15) is 0 Å². The van der Waals surface area contributed by atoms with Crippen molar-refractivity contribution in [1.29, 1.82) is 0 Å². The first-order valence-corrected chi connectivity index (χ1v) is 7.29. The maximum atomic E-state index is 11.6. The zero-order valence-electron chi connectivity index (χ0n) is 12.7. The molecule has 0 amide bonds. The Labute approximate surface area is 121 Å². The first-order valence-electron chi connectivity index (χ1n) is 7.29. The first-order chi connectivity index (χ1) is 9.71. The SMILES string of the molecule is CCCN(CC(=O)OCC)Cc1ccccc1OCC. The van der Waals surface area contributed by atoms with Gasteiger partial charge >= 0.3 is 5.97 Å². The van der Waals surface area contributed by atoms with Gasteiger partial charge in [-0.1, -0.05) is 25.1 Å². The summed E-state index contributed by atoms with van der Waals surface area (Å²) in [5, 5.41) is 0. The van der Waals surface area contributed by atoms with Gasteiger partial charge in [0.1, 0.15) is 5.75 Å². The Bertz CT molecular complexity index is 406. The Morgan fingerprint density at radius 1 is 1.15 bits per heavy atom. The Morgan fingerprint density at radius 2 is 1.90 bits per heavy atom. The molecule has 1 aromatic carbocycles. The van der Waals surface area contributed by atoms with Crippen LogP contribution in [0.4, 0.5) is 0 Å². The summed E-state index contributed by atoms with van der Waals surface area (Å²) in [6.07, 6.45) is 0.996. The largest absolute Gasteiger partial charge is 0.494 e. The van der Waals surface area contributed by atoms with E-state index in [-0.39, 0.29) is 5.97 Å². The molecule has 0 saturated carbocycles. The molecule has 112 valence electrons. The second-order valence-corrected chi connectivity index (χ2v) is 4.56. The van der Waals surface area contributed by atoms with Crippen molar-refractivity contribution < 1.29 is 14.3 Å². The highest BCUT2D eigenvalue weighted by Crippen LogP contribution is 2.20. The molecular weight excluding hydrogens is 254 g/mol. The second-order valence-electron chi connectivity index (χ2n) is 4.56. The smallest absolute Gasteiger partial charge is 0.320 e. The molecule has 0 N–H and O–H groups in total. The molecule has 4 nitrogen and oxygen atoms in total. The molecule has 0 aliphatic heterocycles. The standard InChI is InChI=1S/C16H25NO3/c1-4-11-17(13-16(18)20-6-3)12-14-9-7-8-10-15(14)19-5-2/h7-10H,4-6,11-13H2,1-3H3. The van der Waals surface area contributed by atoms with Crippen molar-refractivity contribution in [2.24, 2.45) is 0 Å². The minimum atomic E-state index is -0.171. The minimum Gasteiger partial charge on any atom is -0.494 e. The molecule has 0 heterocycles. The van der Waals surface area contributed by atoms with Crippen LogP contribution in [0.2, 0.25) is 0 Å². The zero-order chi connectivity index (χ0) is 14.8. The third-order valence-corrected chi connectivity index (χ3v) is 2.86. The number of rotatable bonds is 9. The van der Waals surface area contributed by atoms with E-state index < -0.39 is 0 Å². The number of hydrogen-bond donors (Lipinski definition) is 0. The highest BCUT2D eigenvalue weighted by molar-refractivity contribution is 5.71. The lowest BCUT2D eigenvalue weighted by atomic mass is 10.2. The van der Waals surface area contributed by atoms with E-state index in [2.05, 4.69) is 11.8 Å². The maximum Gasteiger partial charge on any atom is 0.320 e. The highest BCUT2D eigenvalue weighted by Gasteiger charge is 2.13. The fraction of sp³-hybridized carbons (Fsp3) is 0.562. The predicted octanol–water partition coefficient (Wildman–Crippen LogP) is 2.86. The molecule has 0 bridgehead atoms. The molecule has 0 aliphatic rings. The number of esters is 1. The van der Waals surface area contributed by atoms with Crippen LogP contribution in [-0.2, 0) is 16.1 Å². The third-order valence-electron chi connectivity index (χ3n) is 2.86. The molecule has 20 heavy (non-hydrogen) atoms. The van der Waals surface area contributed by atoms with E-state index in [1.54, 1.807) is 0 Å². The minimum absolute atomic E-state index is 0.171. The Balaban J connectivity index is 2.71. The number of ether oxygens (including phenoxy) is 2. The average molecular weight is 279 g/mol. The summed E-state index contributed by atoms with van der Waals surface area (Å²) in [6.45, 7) is 8.85. The molecule has 0 spiro atoms. The van der Waals surface area contributed by atoms with Crippen molar-refractivity contribution in [3.05, 3.63) is 29.8 Å². The van der Waals surface area contributed by atoms with Crippen LogP contribution in [0.3, 0.4) is 0 Å². The number of carbonyl (C=O) groups is 1. The maximum absolute atomic E-state index is 11.6. The van der Waals surface area contributed by atoms with Crippen molar-refractivity contribution in [3.8, 4) is 5.75 Å². The van der Waals surface area contributed by atoms with Crippen LogP contribution in [-0.4, -0.2) is 37.2 Å². The lowest BCUT2D eigenvalue weighted by molar-refractivity contribution is -0.144. The van der Waals surface area contributed by atoms with Crippen molar-refractivity contribution in [3.63, 3.8) is 0 Å². The molecular formula is C16H25NO3. The number of hydrogen-bond acceptors (Lipinski definition) is 4. The average Bonchev–Trinajstić information content (AvgIpc) is 2.42. The van der Waals surface area contributed by atoms with Crippen LogP contribution in [0.25, 0.3) is 0 Å². The third kappa shape index (κ3) is 5.61. The lowest BCUT2D eigenvalue weighted by Gasteiger charge is -2.22. The zero-order valence-corrected chi connectivity index (χ0v) is 12.7. The number of benzene rings is 1. The second kappa shape index (κ2) is 9.37. The molecule has 0 aromatic heterocycles. The fourth-order valence-corrected chi connectivity index (χ4v) is 2.09. The van der Waals surface area contributed by atoms with Crippen molar-refractivity contribution >= 4 is 5.97 Å². The number of para-hydroxylation sites is 1. The summed E-state index contributed by atoms with van der Waals surface area (Å²) < 4.78 is 10.6. The number of carbonyl (C=O) groups excluding carboxylic acids is 1. The van der Waals surface area contributed by atoms with Gasteiger partial charge in [0.2, 0.25) is 0 Å². The lowest BCUT2D eigenvalue weighted by Crippen LogP contribution is -2.31. The van der Waals surface area contributed by atoms with Gasteiger partial charge in [-0.15, -0.1) is 0 Å². The highest BCUT2D eigenvalue weighted by atomic mass is 16.5. The van der Waals surface area contributed by atoms with Gasteiger partial charge in [0.05, 0.1) is 19.8 Å². The predicted molar refractivity (Wildman–Crippen MR) is 79.8 cm³/mol. The summed E-state index contributed by atoms with van der Waals surface area (Å²) in [4.78, 5) is 13.7. The normalized spacial score (nSPS) is 10.6. The van der Waals surface area contributed by atoms with Crippen LogP contribution in [0.5, 0.6) is 5.75 Å². The van der Waals surface area contributed by atoms with Gasteiger partial charge in [-0.05, 0) is 32.9 Å². The fourth-order valence-electron chi connectivity index (χ4n) is 2.09. The van der Waals surface area contributed by atoms with E-state index in [4.69, 9.17) is 9.47 Å². The monoisotopic (exact) mass is 279 g/mol. The van der Waals surface area contributed by atoms with Crippen LogP contribution in [0, 0.1) is 0 Å². The van der Waals surface area contributed by atoms with Gasteiger partial charge in [-0.3, -0.25) is 9.69 Å². The van der Waals surface area contributed by atoms with Gasteiger partial charge in [0.15, 0.2) is 0 Å². The molecule has 0 aliphatic carbocycles. The molecule has 1 aromatic rings. The van der Waals surface area contributed by atoms with Crippen molar-refractivity contribution in [2.75, 3.05) is 26.3 Å². The van der Waals surface area contributed by atoms with E-state index in [0.29, 0.717) is 26.3 Å². The summed E-state index contributed by atoms with van der Waals surface area (Å²) in [6, 6.07) is 7.96. The molecule has 0 unspecified atom stereocenters. The summed E-state index contributed by atoms with van der Waals surface area (Å²) in [5.41, 5.74) is 1.10. The van der Waals surface area contributed by atoms with Gasteiger partial charge in [-0.25, -0.2) is 0 Å². The first kappa shape index (κ1) is 16.5. The van der Waals surface area contributed by atoms with E-state index in [9.17, 15) is 4.79 Å². The Hall–Kier alpha value is -1.55. The van der Waals surface area contributed by atoms with Gasteiger partial charge in [0.25, 0.3) is 0 Å². The topological polar surface area (TPSA) is 38.8 Å². The van der Waals surface area contributed by atoms with Crippen molar-refractivity contribution in [1.82, 2.24) is 4.90 Å². The van der Waals surface area contributed by atoms with E-state index in [0.717, 1.165) is 24.3 Å². The van der Waals surface area contributed by atoms with Crippen LogP contribution < -0.4 is 4.74 Å². The van der Waals surface area contributed by atoms with E-state index >= 15 is 0 Å². The molecule has 0 fully saturated rings. The molecule has 4 heteroatoms. The van der Waals surface area contributed by atoms with Crippen LogP contribution in [0.1, 0.15) is 32.8 Å². The van der Waals surface area contributed by atoms with Gasteiger partial charge < -0.3 is 9.47 Å². The molecule has 0 radical (unpaired) electrons. The Kier molecular flexibility index (Phi) is 7.73. The molecule has 0 saturated heterocycles. The van der Waals surface area contributed by atoms with E-state index in [1.165, 1.54) is 0 Å². The Morgan fingerprint density at radius 3 is 2.55 bits per heavy atom. The molecule has 1 rings (SSSR count). The van der Waals surface area contributed by atoms with Crippen LogP contribution >= 0.6 is 0 Å². The van der Waals surface area contributed by atoms with Gasteiger partial charge in [0, 0.05) is 12.1 Å². The quantitative estimate of drug-likeness (QED) is 0.652. The molecule has 0 atom stereocenters. The van der Waals surface area contributed by atoms with Crippen molar-refractivity contribution in [2.45, 2.75) is 33.7 Å². The summed E-state index contributed by atoms with van der Waals surface area (Å²) in [5.74, 6) is 0.717.